The van der Waals surface area contributed by atoms with Crippen LogP contribution in [0.1, 0.15) is 24.1 Å². The van der Waals surface area contributed by atoms with E-state index in [0.717, 1.165) is 27.0 Å². The highest BCUT2D eigenvalue weighted by atomic mass is 79.9. The molecule has 3 N–H and O–H groups in total. The number of hydrogen-bond donors (Lipinski definition) is 3. The van der Waals surface area contributed by atoms with Crippen LogP contribution in [0.2, 0.25) is 0 Å². The van der Waals surface area contributed by atoms with E-state index >= 15 is 0 Å². The smallest absolute Gasteiger partial charge is 0.255 e. The van der Waals surface area contributed by atoms with E-state index in [1.165, 1.54) is 0 Å². The zero-order chi connectivity index (χ0) is 18.0. The van der Waals surface area contributed by atoms with Crippen LogP contribution in [0.5, 0.6) is 0 Å². The van der Waals surface area contributed by atoms with Crippen molar-refractivity contribution >= 4 is 44.9 Å². The maximum absolute atomic E-state index is 12.9. The van der Waals surface area contributed by atoms with Crippen LogP contribution in [-0.4, -0.2) is 11.0 Å². The van der Waals surface area contributed by atoms with Crippen molar-refractivity contribution in [1.82, 2.24) is 10.6 Å². The van der Waals surface area contributed by atoms with Crippen LogP contribution in [-0.2, 0) is 4.79 Å². The lowest BCUT2D eigenvalue weighted by molar-refractivity contribution is -0.113. The summed E-state index contributed by atoms with van der Waals surface area (Å²) in [4.78, 5) is 12.9. The van der Waals surface area contributed by atoms with Gasteiger partial charge in [-0.3, -0.25) is 4.79 Å². The molecule has 128 valence electrons. The highest BCUT2D eigenvalue weighted by Gasteiger charge is 2.29. The number of anilines is 1. The van der Waals surface area contributed by atoms with Gasteiger partial charge in [-0.2, -0.15) is 0 Å². The molecular weight excluding hydrogens is 398 g/mol. The first kappa shape index (κ1) is 17.6. The monoisotopic (exact) mass is 415 g/mol. The number of rotatable bonds is 3. The Hall–Kier alpha value is -2.18. The largest absolute Gasteiger partial charge is 0.351 e. The summed E-state index contributed by atoms with van der Waals surface area (Å²) in [5, 5.41) is 9.72. The summed E-state index contributed by atoms with van der Waals surface area (Å²) in [5.74, 6) is -0.158. The van der Waals surface area contributed by atoms with Gasteiger partial charge in [0.25, 0.3) is 5.91 Å². The molecule has 2 aromatic carbocycles. The molecule has 0 fully saturated rings. The maximum Gasteiger partial charge on any atom is 0.255 e. The summed E-state index contributed by atoms with van der Waals surface area (Å²) >= 11 is 8.76. The fraction of sp³-hybridized carbons (Fsp3) is 0.158. The molecule has 0 aromatic heterocycles. The molecule has 25 heavy (non-hydrogen) atoms. The number of carbonyl (C=O) groups excluding carboxylic acids is 1. The highest BCUT2D eigenvalue weighted by Crippen LogP contribution is 2.29. The predicted molar refractivity (Wildman–Crippen MR) is 108 cm³/mol. The second-order valence-electron chi connectivity index (χ2n) is 5.95. The fourth-order valence-corrected chi connectivity index (χ4v) is 3.45. The minimum absolute atomic E-state index is 0.158. The second-order valence-corrected chi connectivity index (χ2v) is 7.27. The predicted octanol–water partition coefficient (Wildman–Crippen LogP) is 4.19. The summed E-state index contributed by atoms with van der Waals surface area (Å²) in [6.07, 6.45) is 0. The molecule has 0 unspecified atom stereocenters. The first-order valence-corrected chi connectivity index (χ1v) is 9.06. The second kappa shape index (κ2) is 7.37. The van der Waals surface area contributed by atoms with E-state index in [9.17, 15) is 4.79 Å². The summed E-state index contributed by atoms with van der Waals surface area (Å²) in [7, 11) is 0. The van der Waals surface area contributed by atoms with E-state index in [1.807, 2.05) is 62.4 Å². The number of nitrogens with one attached hydrogen (secondary N) is 3. The van der Waals surface area contributed by atoms with Crippen LogP contribution in [0.4, 0.5) is 5.69 Å². The van der Waals surface area contributed by atoms with E-state index in [0.29, 0.717) is 10.7 Å². The van der Waals surface area contributed by atoms with Gasteiger partial charge in [0.15, 0.2) is 5.11 Å². The van der Waals surface area contributed by atoms with Crippen molar-refractivity contribution in [1.29, 1.82) is 0 Å². The van der Waals surface area contributed by atoms with Gasteiger partial charge in [-0.25, -0.2) is 0 Å². The van der Waals surface area contributed by atoms with Crippen molar-refractivity contribution in [3.05, 3.63) is 75.4 Å². The average molecular weight is 416 g/mol. The van der Waals surface area contributed by atoms with E-state index < -0.39 is 0 Å². The standard InChI is InChI=1S/C19H18BrN3OS/c1-11-6-8-15(9-7-11)22-18(24)16-12(2)21-19(25)23-17(16)13-4-3-5-14(20)10-13/h3-10,17H,1-2H3,(H,22,24)(H2,21,23,25)/t17-/m1/s1. The maximum atomic E-state index is 12.9. The van der Waals surface area contributed by atoms with Crippen molar-refractivity contribution in [2.75, 3.05) is 5.32 Å². The lowest BCUT2D eigenvalue weighted by Gasteiger charge is -2.30. The first-order valence-electron chi connectivity index (χ1n) is 7.86. The van der Waals surface area contributed by atoms with Crippen molar-refractivity contribution in [2.45, 2.75) is 19.9 Å². The van der Waals surface area contributed by atoms with Gasteiger partial charge in [-0.15, -0.1) is 0 Å². The Kier molecular flexibility index (Phi) is 5.20. The number of hydrogen-bond acceptors (Lipinski definition) is 2. The Morgan fingerprint density at radius 1 is 1.16 bits per heavy atom. The zero-order valence-corrected chi connectivity index (χ0v) is 16.3. The number of thiocarbonyl (C=S) groups is 1. The molecule has 0 aliphatic carbocycles. The Morgan fingerprint density at radius 2 is 1.88 bits per heavy atom. The van der Waals surface area contributed by atoms with Crippen molar-refractivity contribution in [3.8, 4) is 0 Å². The van der Waals surface area contributed by atoms with Crippen LogP contribution in [0, 0.1) is 6.92 Å². The van der Waals surface area contributed by atoms with Gasteiger partial charge >= 0.3 is 0 Å². The number of amides is 1. The van der Waals surface area contributed by atoms with Crippen LogP contribution in [0.25, 0.3) is 0 Å². The molecule has 0 bridgehead atoms. The van der Waals surface area contributed by atoms with Gasteiger partial charge in [0, 0.05) is 15.9 Å². The van der Waals surface area contributed by atoms with Gasteiger partial charge < -0.3 is 16.0 Å². The molecule has 2 aromatic rings. The van der Waals surface area contributed by atoms with Gasteiger partial charge in [-0.1, -0.05) is 45.8 Å². The highest BCUT2D eigenvalue weighted by molar-refractivity contribution is 9.10. The molecule has 1 aliphatic rings. The SMILES string of the molecule is CC1=C(C(=O)Nc2ccc(C)cc2)[C@@H](c2cccc(Br)c2)NC(=S)N1. The van der Waals surface area contributed by atoms with E-state index in [4.69, 9.17) is 12.2 Å². The van der Waals surface area contributed by atoms with Crippen molar-refractivity contribution in [3.63, 3.8) is 0 Å². The summed E-state index contributed by atoms with van der Waals surface area (Å²) in [6, 6.07) is 15.3. The lowest BCUT2D eigenvalue weighted by Crippen LogP contribution is -2.45. The molecule has 0 saturated carbocycles. The normalized spacial score (nSPS) is 16.9. The topological polar surface area (TPSA) is 53.2 Å². The minimum Gasteiger partial charge on any atom is -0.351 e. The molecule has 0 spiro atoms. The number of carbonyl (C=O) groups is 1. The molecule has 3 rings (SSSR count). The third kappa shape index (κ3) is 4.08. The molecule has 1 amide bonds. The van der Waals surface area contributed by atoms with Crippen LogP contribution >= 0.6 is 28.1 Å². The fourth-order valence-electron chi connectivity index (χ4n) is 2.77. The van der Waals surface area contributed by atoms with Gasteiger partial charge in [0.05, 0.1) is 11.6 Å². The quantitative estimate of drug-likeness (QED) is 0.657. The Balaban J connectivity index is 1.94. The summed E-state index contributed by atoms with van der Waals surface area (Å²) in [6.45, 7) is 3.87. The molecule has 4 nitrogen and oxygen atoms in total. The number of benzene rings is 2. The van der Waals surface area contributed by atoms with Gasteiger partial charge in [0.2, 0.25) is 0 Å². The van der Waals surface area contributed by atoms with E-state index in [2.05, 4.69) is 31.9 Å². The third-order valence-electron chi connectivity index (χ3n) is 4.01. The van der Waals surface area contributed by atoms with Crippen LogP contribution in [0.15, 0.2) is 64.3 Å². The van der Waals surface area contributed by atoms with Crippen LogP contribution in [0.3, 0.4) is 0 Å². The molecule has 1 aliphatic heterocycles. The molecule has 0 radical (unpaired) electrons. The Labute approximate surface area is 160 Å². The molecule has 6 heteroatoms. The van der Waals surface area contributed by atoms with E-state index in [1.54, 1.807) is 0 Å². The molecule has 0 saturated heterocycles. The third-order valence-corrected chi connectivity index (χ3v) is 4.72. The number of halogens is 1. The van der Waals surface area contributed by atoms with Crippen molar-refractivity contribution in [2.24, 2.45) is 0 Å². The minimum atomic E-state index is -0.309. The first-order chi connectivity index (χ1) is 11.9. The summed E-state index contributed by atoms with van der Waals surface area (Å²) in [5.41, 5.74) is 4.24. The van der Waals surface area contributed by atoms with E-state index in [-0.39, 0.29) is 11.9 Å². The van der Waals surface area contributed by atoms with Crippen molar-refractivity contribution < 1.29 is 4.79 Å². The molecule has 1 heterocycles. The Morgan fingerprint density at radius 3 is 2.56 bits per heavy atom. The molecular formula is C19H18BrN3OS. The van der Waals surface area contributed by atoms with Gasteiger partial charge in [0.1, 0.15) is 0 Å². The number of allylic oxidation sites excluding steroid dienone is 1. The number of aryl methyl sites for hydroxylation is 1. The summed E-state index contributed by atoms with van der Waals surface area (Å²) < 4.78 is 0.951. The van der Waals surface area contributed by atoms with Crippen LogP contribution < -0.4 is 16.0 Å². The zero-order valence-electron chi connectivity index (χ0n) is 13.9. The average Bonchev–Trinajstić information content (AvgIpc) is 2.56. The van der Waals surface area contributed by atoms with Gasteiger partial charge in [-0.05, 0) is 55.9 Å². The Bertz CT molecular complexity index is 861. The molecule has 1 atom stereocenters. The lowest BCUT2D eigenvalue weighted by atomic mass is 9.95.